The summed E-state index contributed by atoms with van der Waals surface area (Å²) in [6, 6.07) is 0.884. The van der Waals surface area contributed by atoms with Crippen molar-refractivity contribution in [3.05, 3.63) is 0 Å². The van der Waals surface area contributed by atoms with Gasteiger partial charge in [0.2, 0.25) is 0 Å². The van der Waals surface area contributed by atoms with Crippen molar-refractivity contribution >= 4 is 0 Å². The van der Waals surface area contributed by atoms with E-state index in [1.807, 2.05) is 0 Å². The third kappa shape index (κ3) is 3.01. The molecule has 0 spiro atoms. The van der Waals surface area contributed by atoms with Crippen molar-refractivity contribution in [3.63, 3.8) is 0 Å². The summed E-state index contributed by atoms with van der Waals surface area (Å²) in [6.45, 7) is 9.31. The first kappa shape index (κ1) is 11.9. The fraction of sp³-hybridized carbons (Fsp3) is 1.00. The number of hydrogen-bond acceptors (Lipinski definition) is 3. The molecule has 1 unspecified atom stereocenters. The Balaban J connectivity index is 1.38. The summed E-state index contributed by atoms with van der Waals surface area (Å²) in [7, 11) is 0. The van der Waals surface area contributed by atoms with Crippen molar-refractivity contribution < 1.29 is 0 Å². The molecule has 0 aliphatic carbocycles. The van der Waals surface area contributed by atoms with Crippen LogP contribution in [0.5, 0.6) is 0 Å². The molecule has 3 heteroatoms. The summed E-state index contributed by atoms with van der Waals surface area (Å²) in [4.78, 5) is 5.46. The van der Waals surface area contributed by atoms with Crippen LogP contribution in [0, 0.1) is 5.92 Å². The Hall–Kier alpha value is -0.120. The van der Waals surface area contributed by atoms with E-state index >= 15 is 0 Å². The fourth-order valence-electron chi connectivity index (χ4n) is 3.51. The second kappa shape index (κ2) is 5.68. The maximum atomic E-state index is 3.37. The van der Waals surface area contributed by atoms with Crippen LogP contribution in [0.25, 0.3) is 0 Å². The van der Waals surface area contributed by atoms with E-state index in [1.165, 1.54) is 77.9 Å². The maximum absolute atomic E-state index is 3.37. The molecule has 0 aromatic carbocycles. The van der Waals surface area contributed by atoms with Crippen LogP contribution >= 0.6 is 0 Å². The van der Waals surface area contributed by atoms with Crippen LogP contribution in [-0.4, -0.2) is 61.7 Å². The number of nitrogens with one attached hydrogen (secondary N) is 1. The van der Waals surface area contributed by atoms with Gasteiger partial charge in [0.1, 0.15) is 0 Å². The highest BCUT2D eigenvalue weighted by atomic mass is 15.3. The Labute approximate surface area is 106 Å². The molecule has 1 atom stereocenters. The second-order valence-corrected chi connectivity index (χ2v) is 6.15. The molecule has 0 radical (unpaired) electrons. The zero-order chi connectivity index (χ0) is 11.5. The molecule has 3 nitrogen and oxygen atoms in total. The topological polar surface area (TPSA) is 18.5 Å². The highest BCUT2D eigenvalue weighted by Gasteiger charge is 2.28. The molecule has 0 aromatic heterocycles. The van der Waals surface area contributed by atoms with Crippen molar-refractivity contribution in [2.45, 2.75) is 38.1 Å². The van der Waals surface area contributed by atoms with E-state index in [4.69, 9.17) is 0 Å². The van der Waals surface area contributed by atoms with Gasteiger partial charge in [-0.1, -0.05) is 6.42 Å². The van der Waals surface area contributed by atoms with E-state index in [0.29, 0.717) is 0 Å². The van der Waals surface area contributed by atoms with Gasteiger partial charge in [0.05, 0.1) is 0 Å². The highest BCUT2D eigenvalue weighted by molar-refractivity contribution is 4.85. The van der Waals surface area contributed by atoms with E-state index in [0.717, 1.165) is 12.0 Å². The molecule has 3 heterocycles. The molecule has 0 aromatic rings. The average Bonchev–Trinajstić information content (AvgIpc) is 2.77. The standard InChI is InChI=1S/C14H27N3/c1-2-6-17(7-3-1)14-5-9-16(12-14)8-4-13-10-15-11-13/h13-15H,1-12H2. The molecule has 1 N–H and O–H groups in total. The van der Waals surface area contributed by atoms with E-state index < -0.39 is 0 Å². The molecular formula is C14H27N3. The zero-order valence-electron chi connectivity index (χ0n) is 11.0. The van der Waals surface area contributed by atoms with Crippen LogP contribution in [0.1, 0.15) is 32.1 Å². The Bertz CT molecular complexity index is 234. The summed E-state index contributed by atoms with van der Waals surface area (Å²) in [5, 5.41) is 3.37. The van der Waals surface area contributed by atoms with Crippen LogP contribution in [0.4, 0.5) is 0 Å². The number of likely N-dealkylation sites (tertiary alicyclic amines) is 2. The van der Waals surface area contributed by atoms with E-state index in [-0.39, 0.29) is 0 Å². The van der Waals surface area contributed by atoms with Gasteiger partial charge in [0.25, 0.3) is 0 Å². The lowest BCUT2D eigenvalue weighted by molar-refractivity contribution is 0.159. The largest absolute Gasteiger partial charge is 0.316 e. The predicted molar refractivity (Wildman–Crippen MR) is 71.2 cm³/mol. The van der Waals surface area contributed by atoms with Crippen LogP contribution < -0.4 is 5.32 Å². The first-order valence-corrected chi connectivity index (χ1v) is 7.59. The quantitative estimate of drug-likeness (QED) is 0.791. The van der Waals surface area contributed by atoms with E-state index in [9.17, 15) is 0 Å². The second-order valence-electron chi connectivity index (χ2n) is 6.15. The van der Waals surface area contributed by atoms with Gasteiger partial charge in [-0.05, 0) is 70.9 Å². The van der Waals surface area contributed by atoms with Crippen LogP contribution in [-0.2, 0) is 0 Å². The van der Waals surface area contributed by atoms with Crippen molar-refractivity contribution in [2.24, 2.45) is 5.92 Å². The molecule has 0 saturated carbocycles. The van der Waals surface area contributed by atoms with Crippen LogP contribution in [0.2, 0.25) is 0 Å². The SMILES string of the molecule is C1CCN(C2CCN(CCC3CNC3)C2)CC1. The molecular weight excluding hydrogens is 210 g/mol. The lowest BCUT2D eigenvalue weighted by Crippen LogP contribution is -2.44. The monoisotopic (exact) mass is 237 g/mol. The Kier molecular flexibility index (Phi) is 3.99. The van der Waals surface area contributed by atoms with Crippen LogP contribution in [0.15, 0.2) is 0 Å². The number of hydrogen-bond donors (Lipinski definition) is 1. The van der Waals surface area contributed by atoms with Crippen molar-refractivity contribution in [3.8, 4) is 0 Å². The Morgan fingerprint density at radius 3 is 2.53 bits per heavy atom. The van der Waals surface area contributed by atoms with Gasteiger partial charge < -0.3 is 10.2 Å². The molecule has 17 heavy (non-hydrogen) atoms. The Morgan fingerprint density at radius 2 is 1.82 bits per heavy atom. The molecule has 98 valence electrons. The minimum absolute atomic E-state index is 0.884. The third-order valence-corrected chi connectivity index (χ3v) is 4.87. The molecule has 3 rings (SSSR count). The molecule has 3 fully saturated rings. The number of nitrogens with zero attached hydrogens (tertiary/aromatic N) is 2. The first-order chi connectivity index (χ1) is 8.42. The molecule has 3 aliphatic rings. The van der Waals surface area contributed by atoms with Crippen LogP contribution in [0.3, 0.4) is 0 Å². The van der Waals surface area contributed by atoms with Crippen molar-refractivity contribution in [1.82, 2.24) is 15.1 Å². The minimum atomic E-state index is 0.884. The molecule has 0 amide bonds. The van der Waals surface area contributed by atoms with Crippen molar-refractivity contribution in [2.75, 3.05) is 45.8 Å². The Morgan fingerprint density at radius 1 is 1.00 bits per heavy atom. The van der Waals surface area contributed by atoms with Gasteiger partial charge in [-0.2, -0.15) is 0 Å². The molecule has 3 aliphatic heterocycles. The average molecular weight is 237 g/mol. The molecule has 3 saturated heterocycles. The van der Waals surface area contributed by atoms with Gasteiger partial charge >= 0.3 is 0 Å². The summed E-state index contributed by atoms with van der Waals surface area (Å²) in [5.41, 5.74) is 0. The van der Waals surface area contributed by atoms with Gasteiger partial charge in [-0.3, -0.25) is 4.90 Å². The minimum Gasteiger partial charge on any atom is -0.316 e. The number of piperidine rings is 1. The van der Waals surface area contributed by atoms with E-state index in [1.54, 1.807) is 0 Å². The lowest BCUT2D eigenvalue weighted by Gasteiger charge is -2.32. The predicted octanol–water partition coefficient (Wildman–Crippen LogP) is 1.16. The summed E-state index contributed by atoms with van der Waals surface area (Å²) in [6.07, 6.45) is 7.17. The summed E-state index contributed by atoms with van der Waals surface area (Å²) >= 11 is 0. The first-order valence-electron chi connectivity index (χ1n) is 7.59. The zero-order valence-corrected chi connectivity index (χ0v) is 11.0. The third-order valence-electron chi connectivity index (χ3n) is 4.87. The smallest absolute Gasteiger partial charge is 0.0235 e. The van der Waals surface area contributed by atoms with Crippen molar-refractivity contribution in [1.29, 1.82) is 0 Å². The van der Waals surface area contributed by atoms with E-state index in [2.05, 4.69) is 15.1 Å². The number of rotatable bonds is 4. The maximum Gasteiger partial charge on any atom is 0.0235 e. The van der Waals surface area contributed by atoms with Gasteiger partial charge in [0, 0.05) is 12.6 Å². The van der Waals surface area contributed by atoms with Gasteiger partial charge in [-0.15, -0.1) is 0 Å². The van der Waals surface area contributed by atoms with Gasteiger partial charge in [0.15, 0.2) is 0 Å². The summed E-state index contributed by atoms with van der Waals surface area (Å²) < 4.78 is 0. The normalized spacial score (nSPS) is 32.8. The van der Waals surface area contributed by atoms with Gasteiger partial charge in [-0.25, -0.2) is 0 Å². The molecule has 0 bridgehead atoms. The fourth-order valence-corrected chi connectivity index (χ4v) is 3.51. The summed E-state index contributed by atoms with van der Waals surface area (Å²) in [5.74, 6) is 0.976. The lowest BCUT2D eigenvalue weighted by atomic mass is 9.99. The highest BCUT2D eigenvalue weighted by Crippen LogP contribution is 2.21.